The van der Waals surface area contributed by atoms with Crippen molar-refractivity contribution in [3.63, 3.8) is 0 Å². The molecule has 2 atom stereocenters. The summed E-state index contributed by atoms with van der Waals surface area (Å²) in [5.41, 5.74) is 0.907. The summed E-state index contributed by atoms with van der Waals surface area (Å²) in [4.78, 5) is 0. The van der Waals surface area contributed by atoms with E-state index in [-0.39, 0.29) is 12.5 Å². The molecule has 0 heterocycles. The average molecular weight is 224 g/mol. The van der Waals surface area contributed by atoms with E-state index in [0.29, 0.717) is 13.0 Å². The Balaban J connectivity index is 2.51. The molecule has 0 aliphatic heterocycles. The van der Waals surface area contributed by atoms with E-state index in [9.17, 15) is 5.11 Å². The summed E-state index contributed by atoms with van der Waals surface area (Å²) in [6.07, 6.45) is 0.312. The van der Waals surface area contributed by atoms with Crippen LogP contribution in [0.5, 0.6) is 5.75 Å². The zero-order chi connectivity index (χ0) is 12.0. The lowest BCUT2D eigenvalue weighted by Gasteiger charge is -2.12. The zero-order valence-corrected chi connectivity index (χ0v) is 9.89. The van der Waals surface area contributed by atoms with Crippen LogP contribution in [0.1, 0.15) is 31.9 Å². The molecule has 0 fully saturated rings. The monoisotopic (exact) mass is 224 g/mol. The molecular formula is C13H20O3. The highest BCUT2D eigenvalue weighted by molar-refractivity contribution is 5.28. The predicted octanol–water partition coefficient (Wildman–Crippen LogP) is 2.14. The first-order chi connectivity index (χ1) is 7.67. The predicted molar refractivity (Wildman–Crippen MR) is 63.4 cm³/mol. The average Bonchev–Trinajstić information content (AvgIpc) is 2.35. The lowest BCUT2D eigenvalue weighted by atomic mass is 10.1. The van der Waals surface area contributed by atoms with E-state index in [1.807, 2.05) is 38.1 Å². The van der Waals surface area contributed by atoms with E-state index in [1.165, 1.54) is 0 Å². The van der Waals surface area contributed by atoms with Crippen molar-refractivity contribution in [1.29, 1.82) is 0 Å². The molecule has 3 nitrogen and oxygen atoms in total. The van der Waals surface area contributed by atoms with Crippen LogP contribution in [0.15, 0.2) is 24.3 Å². The maximum atomic E-state index is 9.60. The molecule has 0 radical (unpaired) electrons. The fourth-order valence-corrected chi connectivity index (χ4v) is 1.31. The van der Waals surface area contributed by atoms with Gasteiger partial charge in [0.2, 0.25) is 0 Å². The second kappa shape index (κ2) is 6.51. The summed E-state index contributed by atoms with van der Waals surface area (Å²) in [6.45, 7) is 4.51. The quantitative estimate of drug-likeness (QED) is 0.778. The first kappa shape index (κ1) is 13.0. The maximum Gasteiger partial charge on any atom is 0.119 e. The zero-order valence-electron chi connectivity index (χ0n) is 9.89. The van der Waals surface area contributed by atoms with Crippen LogP contribution in [-0.4, -0.2) is 23.4 Å². The number of ether oxygens (including phenoxy) is 1. The van der Waals surface area contributed by atoms with E-state index < -0.39 is 6.10 Å². The van der Waals surface area contributed by atoms with Crippen LogP contribution in [0.4, 0.5) is 0 Å². The SMILES string of the molecule is CC[C@H](O)c1ccc(OCC(C)CO)cc1. The topological polar surface area (TPSA) is 49.7 Å². The Morgan fingerprint density at radius 3 is 2.38 bits per heavy atom. The van der Waals surface area contributed by atoms with Crippen molar-refractivity contribution in [2.24, 2.45) is 5.92 Å². The van der Waals surface area contributed by atoms with Gasteiger partial charge in [-0.2, -0.15) is 0 Å². The highest BCUT2D eigenvalue weighted by Gasteiger charge is 2.05. The van der Waals surface area contributed by atoms with Gasteiger partial charge in [-0.05, 0) is 24.1 Å². The number of aliphatic hydroxyl groups is 2. The number of aliphatic hydroxyl groups excluding tert-OH is 2. The summed E-state index contributed by atoms with van der Waals surface area (Å²) < 4.78 is 5.49. The van der Waals surface area contributed by atoms with Gasteiger partial charge in [0.25, 0.3) is 0 Å². The van der Waals surface area contributed by atoms with Gasteiger partial charge in [0.1, 0.15) is 5.75 Å². The van der Waals surface area contributed by atoms with Crippen molar-refractivity contribution in [3.05, 3.63) is 29.8 Å². The molecule has 1 unspecified atom stereocenters. The Labute approximate surface area is 96.7 Å². The van der Waals surface area contributed by atoms with Crippen molar-refractivity contribution in [1.82, 2.24) is 0 Å². The molecule has 1 aromatic rings. The third-order valence-corrected chi connectivity index (χ3v) is 2.50. The summed E-state index contributed by atoms with van der Waals surface area (Å²) >= 11 is 0. The highest BCUT2D eigenvalue weighted by Crippen LogP contribution is 2.20. The van der Waals surface area contributed by atoms with Gasteiger partial charge in [-0.25, -0.2) is 0 Å². The molecule has 0 amide bonds. The van der Waals surface area contributed by atoms with Crippen LogP contribution >= 0.6 is 0 Å². The van der Waals surface area contributed by atoms with Gasteiger partial charge in [-0.15, -0.1) is 0 Å². The second-order valence-corrected chi connectivity index (χ2v) is 4.09. The minimum Gasteiger partial charge on any atom is -0.493 e. The largest absolute Gasteiger partial charge is 0.493 e. The van der Waals surface area contributed by atoms with Gasteiger partial charge in [0.15, 0.2) is 0 Å². The molecule has 16 heavy (non-hydrogen) atoms. The minimum absolute atomic E-state index is 0.132. The molecule has 1 aromatic carbocycles. The summed E-state index contributed by atoms with van der Waals surface area (Å²) in [6, 6.07) is 7.43. The van der Waals surface area contributed by atoms with Gasteiger partial charge >= 0.3 is 0 Å². The van der Waals surface area contributed by atoms with Crippen molar-refractivity contribution in [2.45, 2.75) is 26.4 Å². The third-order valence-electron chi connectivity index (χ3n) is 2.50. The molecule has 0 aliphatic carbocycles. The molecule has 3 heteroatoms. The fourth-order valence-electron chi connectivity index (χ4n) is 1.31. The van der Waals surface area contributed by atoms with Gasteiger partial charge in [0, 0.05) is 12.5 Å². The number of hydrogen-bond acceptors (Lipinski definition) is 3. The molecule has 0 spiro atoms. The smallest absolute Gasteiger partial charge is 0.119 e. The van der Waals surface area contributed by atoms with E-state index in [1.54, 1.807) is 0 Å². The van der Waals surface area contributed by atoms with Crippen LogP contribution < -0.4 is 4.74 Å². The van der Waals surface area contributed by atoms with Crippen molar-refractivity contribution in [2.75, 3.05) is 13.2 Å². The minimum atomic E-state index is -0.398. The first-order valence-corrected chi connectivity index (χ1v) is 5.69. The standard InChI is InChI=1S/C13H20O3/c1-3-13(15)11-4-6-12(7-5-11)16-9-10(2)8-14/h4-7,10,13-15H,3,8-9H2,1-2H3/t10?,13-/m0/s1. The van der Waals surface area contributed by atoms with E-state index in [4.69, 9.17) is 9.84 Å². The van der Waals surface area contributed by atoms with Crippen molar-refractivity contribution in [3.8, 4) is 5.75 Å². The molecule has 1 rings (SSSR count). The summed E-state index contributed by atoms with van der Waals surface area (Å²) in [7, 11) is 0. The third kappa shape index (κ3) is 3.83. The molecule has 0 aliphatic rings. The van der Waals surface area contributed by atoms with E-state index in [2.05, 4.69) is 0 Å². The molecule has 90 valence electrons. The van der Waals surface area contributed by atoms with Crippen LogP contribution in [0.2, 0.25) is 0 Å². The van der Waals surface area contributed by atoms with Crippen molar-refractivity contribution >= 4 is 0 Å². The number of hydrogen-bond donors (Lipinski definition) is 2. The van der Waals surface area contributed by atoms with Crippen LogP contribution in [-0.2, 0) is 0 Å². The van der Waals surface area contributed by atoms with Gasteiger partial charge < -0.3 is 14.9 Å². The van der Waals surface area contributed by atoms with Crippen molar-refractivity contribution < 1.29 is 14.9 Å². The molecule has 0 saturated carbocycles. The Kier molecular flexibility index (Phi) is 5.29. The first-order valence-electron chi connectivity index (χ1n) is 5.69. The highest BCUT2D eigenvalue weighted by atomic mass is 16.5. The maximum absolute atomic E-state index is 9.60. The molecule has 2 N–H and O–H groups in total. The Morgan fingerprint density at radius 2 is 1.88 bits per heavy atom. The Morgan fingerprint density at radius 1 is 1.25 bits per heavy atom. The second-order valence-electron chi connectivity index (χ2n) is 4.09. The Bertz CT molecular complexity index is 295. The normalized spacial score (nSPS) is 14.5. The van der Waals surface area contributed by atoms with Crippen LogP contribution in [0, 0.1) is 5.92 Å². The fraction of sp³-hybridized carbons (Fsp3) is 0.538. The molecular weight excluding hydrogens is 204 g/mol. The molecule has 0 aromatic heterocycles. The summed E-state index contributed by atoms with van der Waals surface area (Å²) in [5, 5.41) is 18.5. The number of rotatable bonds is 6. The Hall–Kier alpha value is -1.06. The lowest BCUT2D eigenvalue weighted by molar-refractivity contribution is 0.171. The number of benzene rings is 1. The van der Waals surface area contributed by atoms with E-state index >= 15 is 0 Å². The van der Waals surface area contributed by atoms with Crippen LogP contribution in [0.25, 0.3) is 0 Å². The van der Waals surface area contributed by atoms with Gasteiger partial charge in [-0.1, -0.05) is 26.0 Å². The van der Waals surface area contributed by atoms with E-state index in [0.717, 1.165) is 11.3 Å². The molecule has 0 bridgehead atoms. The van der Waals surface area contributed by atoms with Gasteiger partial charge in [-0.3, -0.25) is 0 Å². The van der Waals surface area contributed by atoms with Crippen LogP contribution in [0.3, 0.4) is 0 Å². The lowest BCUT2D eigenvalue weighted by Crippen LogP contribution is -2.12. The molecule has 0 saturated heterocycles. The summed E-state index contributed by atoms with van der Waals surface area (Å²) in [5.74, 6) is 0.910. The van der Waals surface area contributed by atoms with Gasteiger partial charge in [0.05, 0.1) is 12.7 Å².